The van der Waals surface area contributed by atoms with Gasteiger partial charge in [0.1, 0.15) is 12.4 Å². The van der Waals surface area contributed by atoms with E-state index >= 15 is 0 Å². The summed E-state index contributed by atoms with van der Waals surface area (Å²) in [6.07, 6.45) is 6.38. The highest BCUT2D eigenvalue weighted by molar-refractivity contribution is 6.30. The zero-order valence-corrected chi connectivity index (χ0v) is 18.8. The second kappa shape index (κ2) is 9.36. The van der Waals surface area contributed by atoms with Crippen molar-refractivity contribution in [2.24, 2.45) is 0 Å². The van der Waals surface area contributed by atoms with Crippen molar-refractivity contribution in [3.63, 3.8) is 0 Å². The van der Waals surface area contributed by atoms with Gasteiger partial charge in [0.2, 0.25) is 0 Å². The lowest BCUT2D eigenvalue weighted by Gasteiger charge is -2.20. The van der Waals surface area contributed by atoms with E-state index in [0.717, 1.165) is 17.0 Å². The number of pyridine rings is 1. The molecule has 1 N–H and O–H groups in total. The van der Waals surface area contributed by atoms with Gasteiger partial charge in [-0.25, -0.2) is 4.68 Å². The zero-order chi connectivity index (χ0) is 23.5. The van der Waals surface area contributed by atoms with Crippen molar-refractivity contribution in [3.8, 4) is 11.4 Å². The molecule has 1 aliphatic rings. The molecule has 2 aromatic heterocycles. The molecule has 2 amide bonds. The molecule has 4 aromatic rings. The van der Waals surface area contributed by atoms with E-state index < -0.39 is 0 Å². The number of carbonyl (C=O) groups excluding carboxylic acids is 2. The summed E-state index contributed by atoms with van der Waals surface area (Å²) < 4.78 is 7.39. The average molecular weight is 474 g/mol. The Morgan fingerprint density at radius 2 is 1.88 bits per heavy atom. The summed E-state index contributed by atoms with van der Waals surface area (Å²) in [5.74, 6) is 0.394. The normalized spacial score (nSPS) is 12.9. The van der Waals surface area contributed by atoms with Crippen molar-refractivity contribution >= 4 is 29.1 Å². The summed E-state index contributed by atoms with van der Waals surface area (Å²) in [7, 11) is 0. The molecule has 34 heavy (non-hydrogen) atoms. The molecule has 0 unspecified atom stereocenters. The third-order valence-electron chi connectivity index (χ3n) is 5.43. The Bertz CT molecular complexity index is 1340. The lowest BCUT2D eigenvalue weighted by atomic mass is 10.1. The maximum absolute atomic E-state index is 13.1. The first kappa shape index (κ1) is 21.7. The summed E-state index contributed by atoms with van der Waals surface area (Å²) >= 11 is 6.12. The molecule has 8 nitrogen and oxygen atoms in total. The SMILES string of the molecule is O=C(Nc1cnn(-c2ccc(C(=O)N3CCOc4ccc(Cl)cc4C3)cc2)c1)c1cccnc1. The third kappa shape index (κ3) is 4.62. The third-order valence-corrected chi connectivity index (χ3v) is 5.67. The number of fused-ring (bicyclic) bond motifs is 1. The molecule has 2 aromatic carbocycles. The Kier molecular flexibility index (Phi) is 5.97. The van der Waals surface area contributed by atoms with Crippen LogP contribution in [0.15, 0.2) is 79.4 Å². The van der Waals surface area contributed by atoms with E-state index in [-0.39, 0.29) is 11.8 Å². The molecule has 3 heterocycles. The van der Waals surface area contributed by atoms with Gasteiger partial charge in [-0.15, -0.1) is 0 Å². The maximum atomic E-state index is 13.1. The number of hydrogen-bond acceptors (Lipinski definition) is 5. The molecule has 170 valence electrons. The van der Waals surface area contributed by atoms with E-state index in [1.807, 2.05) is 24.3 Å². The highest BCUT2D eigenvalue weighted by atomic mass is 35.5. The van der Waals surface area contributed by atoms with Gasteiger partial charge in [-0.05, 0) is 54.6 Å². The summed E-state index contributed by atoms with van der Waals surface area (Å²) in [5.41, 5.74) is 3.21. The fourth-order valence-electron chi connectivity index (χ4n) is 3.70. The average Bonchev–Trinajstić information content (AvgIpc) is 3.22. The number of halogens is 1. The standard InChI is InChI=1S/C25H20ClN5O3/c26-20-5-8-23-19(12-20)15-30(10-11-34-23)25(33)17-3-6-22(7-4-17)31-16-21(14-28-31)29-24(32)18-2-1-9-27-13-18/h1-9,12-14,16H,10-11,15H2,(H,29,32). The summed E-state index contributed by atoms with van der Waals surface area (Å²) in [6, 6.07) is 16.0. The van der Waals surface area contributed by atoms with Crippen molar-refractivity contribution < 1.29 is 14.3 Å². The maximum Gasteiger partial charge on any atom is 0.257 e. The number of carbonyl (C=O) groups is 2. The van der Waals surface area contributed by atoms with Crippen LogP contribution >= 0.6 is 11.6 Å². The number of amides is 2. The Labute approximate surface area is 200 Å². The number of benzene rings is 2. The fraction of sp³-hybridized carbons (Fsp3) is 0.120. The van der Waals surface area contributed by atoms with Crippen LogP contribution in [-0.2, 0) is 6.54 Å². The van der Waals surface area contributed by atoms with Gasteiger partial charge in [0.25, 0.3) is 11.8 Å². The van der Waals surface area contributed by atoms with Crippen LogP contribution in [0.25, 0.3) is 5.69 Å². The Morgan fingerprint density at radius 1 is 1.03 bits per heavy atom. The van der Waals surface area contributed by atoms with Crippen LogP contribution in [0.1, 0.15) is 26.3 Å². The van der Waals surface area contributed by atoms with Crippen LogP contribution in [0.4, 0.5) is 5.69 Å². The predicted octanol–water partition coefficient (Wildman–Crippen LogP) is 4.21. The number of anilines is 1. The summed E-state index contributed by atoms with van der Waals surface area (Å²) in [4.78, 5) is 31.1. The first-order chi connectivity index (χ1) is 16.6. The molecule has 1 aliphatic heterocycles. The topological polar surface area (TPSA) is 89.4 Å². The minimum Gasteiger partial charge on any atom is -0.491 e. The van der Waals surface area contributed by atoms with Gasteiger partial charge >= 0.3 is 0 Å². The first-order valence-electron chi connectivity index (χ1n) is 10.6. The minimum atomic E-state index is -0.266. The van der Waals surface area contributed by atoms with Crippen LogP contribution in [0.3, 0.4) is 0 Å². The van der Waals surface area contributed by atoms with Crippen LogP contribution in [0.2, 0.25) is 5.02 Å². The van der Waals surface area contributed by atoms with Crippen LogP contribution in [0, 0.1) is 0 Å². The van der Waals surface area contributed by atoms with E-state index in [2.05, 4.69) is 15.4 Å². The zero-order valence-electron chi connectivity index (χ0n) is 18.0. The van der Waals surface area contributed by atoms with Crippen molar-refractivity contribution in [1.29, 1.82) is 0 Å². The number of nitrogens with zero attached hydrogens (tertiary/aromatic N) is 4. The summed E-state index contributed by atoms with van der Waals surface area (Å²) in [5, 5.41) is 7.71. The Morgan fingerprint density at radius 3 is 2.68 bits per heavy atom. The van der Waals surface area contributed by atoms with E-state index in [9.17, 15) is 9.59 Å². The fourth-order valence-corrected chi connectivity index (χ4v) is 3.90. The number of aromatic nitrogens is 3. The van der Waals surface area contributed by atoms with Crippen molar-refractivity contribution in [3.05, 3.63) is 101 Å². The second-order valence-electron chi connectivity index (χ2n) is 7.74. The predicted molar refractivity (Wildman–Crippen MR) is 127 cm³/mol. The van der Waals surface area contributed by atoms with Gasteiger partial charge in [-0.1, -0.05) is 11.6 Å². The van der Waals surface area contributed by atoms with Gasteiger partial charge < -0.3 is 15.0 Å². The van der Waals surface area contributed by atoms with Gasteiger partial charge in [0, 0.05) is 35.1 Å². The molecular weight excluding hydrogens is 454 g/mol. The number of rotatable bonds is 4. The Balaban J connectivity index is 1.28. The smallest absolute Gasteiger partial charge is 0.257 e. The molecule has 0 aliphatic carbocycles. The van der Waals surface area contributed by atoms with E-state index in [0.29, 0.717) is 41.5 Å². The molecule has 0 atom stereocenters. The largest absolute Gasteiger partial charge is 0.491 e. The molecule has 0 radical (unpaired) electrons. The molecule has 0 fully saturated rings. The van der Waals surface area contributed by atoms with Crippen molar-refractivity contribution in [1.82, 2.24) is 19.7 Å². The number of ether oxygens (including phenoxy) is 1. The molecule has 9 heteroatoms. The van der Waals surface area contributed by atoms with Gasteiger partial charge in [0.05, 0.1) is 35.9 Å². The van der Waals surface area contributed by atoms with Crippen LogP contribution in [-0.4, -0.2) is 44.6 Å². The van der Waals surface area contributed by atoms with Gasteiger partial charge in [-0.2, -0.15) is 5.10 Å². The highest BCUT2D eigenvalue weighted by Crippen LogP contribution is 2.27. The summed E-state index contributed by atoms with van der Waals surface area (Å²) in [6.45, 7) is 1.32. The van der Waals surface area contributed by atoms with Gasteiger partial charge in [0.15, 0.2) is 0 Å². The molecule has 0 saturated carbocycles. The lowest BCUT2D eigenvalue weighted by molar-refractivity contribution is 0.0733. The minimum absolute atomic E-state index is 0.0899. The molecule has 0 bridgehead atoms. The highest BCUT2D eigenvalue weighted by Gasteiger charge is 2.21. The molecular formula is C25H20ClN5O3. The van der Waals surface area contributed by atoms with E-state index in [1.54, 1.807) is 58.5 Å². The Hall–Kier alpha value is -4.17. The van der Waals surface area contributed by atoms with E-state index in [1.165, 1.54) is 6.20 Å². The quantitative estimate of drug-likeness (QED) is 0.479. The number of hydrogen-bond donors (Lipinski definition) is 1. The van der Waals surface area contributed by atoms with Crippen LogP contribution < -0.4 is 10.1 Å². The molecule has 5 rings (SSSR count). The molecule has 0 saturated heterocycles. The van der Waals surface area contributed by atoms with E-state index in [4.69, 9.17) is 16.3 Å². The van der Waals surface area contributed by atoms with Crippen molar-refractivity contribution in [2.75, 3.05) is 18.5 Å². The van der Waals surface area contributed by atoms with Crippen molar-refractivity contribution in [2.45, 2.75) is 6.54 Å². The first-order valence-corrected chi connectivity index (χ1v) is 11.0. The van der Waals surface area contributed by atoms with Gasteiger partial charge in [-0.3, -0.25) is 14.6 Å². The molecule has 0 spiro atoms. The monoisotopic (exact) mass is 473 g/mol. The lowest BCUT2D eigenvalue weighted by Crippen LogP contribution is -2.32. The number of nitrogens with one attached hydrogen (secondary N) is 1. The second-order valence-corrected chi connectivity index (χ2v) is 8.18. The van der Waals surface area contributed by atoms with Crippen LogP contribution in [0.5, 0.6) is 5.75 Å².